The first-order chi connectivity index (χ1) is 12.0. The summed E-state index contributed by atoms with van der Waals surface area (Å²) in [6.07, 6.45) is 1.39. The third-order valence-corrected chi connectivity index (χ3v) is 7.84. The quantitative estimate of drug-likeness (QED) is 0.892. The number of fused-ring (bicyclic) bond motifs is 2. The van der Waals surface area contributed by atoms with Crippen molar-refractivity contribution in [2.45, 2.75) is 43.5 Å². The van der Waals surface area contributed by atoms with Crippen LogP contribution in [0, 0.1) is 0 Å². The van der Waals surface area contributed by atoms with E-state index >= 15 is 0 Å². The Morgan fingerprint density at radius 2 is 2.28 bits per heavy atom. The van der Waals surface area contributed by atoms with Crippen LogP contribution in [-0.4, -0.2) is 44.9 Å². The third kappa shape index (κ3) is 2.93. The minimum atomic E-state index is -0.340. The Bertz CT molecular complexity index is 804. The highest BCUT2D eigenvalue weighted by Crippen LogP contribution is 2.47. The number of nitrogens with zero attached hydrogens (tertiary/aromatic N) is 2. The highest BCUT2D eigenvalue weighted by atomic mass is 32.2. The minimum absolute atomic E-state index is 0.0422. The van der Waals surface area contributed by atoms with Crippen molar-refractivity contribution in [3.05, 3.63) is 29.3 Å². The molecular formula is C18H21N3O2S2. The maximum absolute atomic E-state index is 12.6. The van der Waals surface area contributed by atoms with Gasteiger partial charge in [0, 0.05) is 24.6 Å². The molecule has 2 aliphatic heterocycles. The maximum atomic E-state index is 12.6. The van der Waals surface area contributed by atoms with Crippen LogP contribution in [0.2, 0.25) is 0 Å². The molecule has 0 saturated carbocycles. The first-order valence-corrected chi connectivity index (χ1v) is 10.4. The molecule has 3 heterocycles. The molecule has 3 unspecified atom stereocenters. The van der Waals surface area contributed by atoms with Gasteiger partial charge in [0.15, 0.2) is 0 Å². The zero-order chi connectivity index (χ0) is 17.6. The fraction of sp³-hybridized carbons (Fsp3) is 0.500. The Morgan fingerprint density at radius 3 is 3.08 bits per heavy atom. The van der Waals surface area contributed by atoms with Crippen LogP contribution in [0.15, 0.2) is 24.3 Å². The SMILES string of the molecule is CC(CNC(=O)C1CSC2(C)CCC(=O)N12)c1nc2ccccc2s1. The molecule has 0 radical (unpaired) electrons. The summed E-state index contributed by atoms with van der Waals surface area (Å²) in [5, 5.41) is 4.07. The van der Waals surface area contributed by atoms with Gasteiger partial charge in [-0.15, -0.1) is 23.1 Å². The molecule has 25 heavy (non-hydrogen) atoms. The van der Waals surface area contributed by atoms with Crippen molar-refractivity contribution >= 4 is 45.1 Å². The van der Waals surface area contributed by atoms with E-state index in [1.54, 1.807) is 28.0 Å². The summed E-state index contributed by atoms with van der Waals surface area (Å²) in [4.78, 5) is 31.1. The van der Waals surface area contributed by atoms with Crippen LogP contribution < -0.4 is 5.32 Å². The third-order valence-electron chi connectivity index (χ3n) is 5.06. The van der Waals surface area contributed by atoms with E-state index < -0.39 is 0 Å². The number of thiazole rings is 1. The van der Waals surface area contributed by atoms with Crippen molar-refractivity contribution < 1.29 is 9.59 Å². The molecule has 132 valence electrons. The van der Waals surface area contributed by atoms with Crippen LogP contribution in [0.1, 0.15) is 37.6 Å². The molecule has 4 rings (SSSR count). The van der Waals surface area contributed by atoms with Gasteiger partial charge in [-0.2, -0.15) is 0 Å². The predicted molar refractivity (Wildman–Crippen MR) is 102 cm³/mol. The van der Waals surface area contributed by atoms with Gasteiger partial charge in [-0.05, 0) is 25.5 Å². The van der Waals surface area contributed by atoms with E-state index in [0.717, 1.165) is 16.9 Å². The van der Waals surface area contributed by atoms with Crippen molar-refractivity contribution in [2.75, 3.05) is 12.3 Å². The van der Waals surface area contributed by atoms with Crippen LogP contribution in [0.5, 0.6) is 0 Å². The highest BCUT2D eigenvalue weighted by molar-refractivity contribution is 8.01. The lowest BCUT2D eigenvalue weighted by Crippen LogP contribution is -2.50. The van der Waals surface area contributed by atoms with Crippen molar-refractivity contribution in [1.82, 2.24) is 15.2 Å². The number of amides is 2. The van der Waals surface area contributed by atoms with E-state index in [1.807, 2.05) is 18.2 Å². The van der Waals surface area contributed by atoms with Gasteiger partial charge in [-0.25, -0.2) is 4.98 Å². The first-order valence-electron chi connectivity index (χ1n) is 8.57. The Kier molecular flexibility index (Phi) is 4.24. The Labute approximate surface area is 155 Å². The van der Waals surface area contributed by atoms with Gasteiger partial charge in [-0.1, -0.05) is 19.1 Å². The monoisotopic (exact) mass is 375 g/mol. The average Bonchev–Trinajstić information content (AvgIpc) is 3.26. The van der Waals surface area contributed by atoms with E-state index in [0.29, 0.717) is 18.7 Å². The number of hydrogen-bond acceptors (Lipinski definition) is 5. The number of rotatable bonds is 4. The molecule has 7 heteroatoms. The van der Waals surface area contributed by atoms with Gasteiger partial charge in [0.2, 0.25) is 11.8 Å². The molecule has 1 aromatic carbocycles. The minimum Gasteiger partial charge on any atom is -0.354 e. The second-order valence-electron chi connectivity index (χ2n) is 6.93. The lowest BCUT2D eigenvalue weighted by molar-refractivity contribution is -0.137. The molecule has 2 saturated heterocycles. The fourth-order valence-corrected chi connectivity index (χ4v) is 6.02. The number of aromatic nitrogens is 1. The van der Waals surface area contributed by atoms with Gasteiger partial charge in [0.05, 0.1) is 20.1 Å². The summed E-state index contributed by atoms with van der Waals surface area (Å²) in [5.41, 5.74) is 1.01. The smallest absolute Gasteiger partial charge is 0.243 e. The molecule has 5 nitrogen and oxygen atoms in total. The van der Waals surface area contributed by atoms with E-state index in [9.17, 15) is 9.59 Å². The summed E-state index contributed by atoms with van der Waals surface area (Å²) in [7, 11) is 0. The van der Waals surface area contributed by atoms with Gasteiger partial charge >= 0.3 is 0 Å². The van der Waals surface area contributed by atoms with E-state index in [4.69, 9.17) is 0 Å². The highest BCUT2D eigenvalue weighted by Gasteiger charge is 2.52. The van der Waals surface area contributed by atoms with E-state index in [1.165, 1.54) is 4.70 Å². The van der Waals surface area contributed by atoms with Gasteiger partial charge in [-0.3, -0.25) is 9.59 Å². The lowest BCUT2D eigenvalue weighted by Gasteiger charge is -2.30. The lowest BCUT2D eigenvalue weighted by atomic mass is 10.1. The number of carbonyl (C=O) groups excluding carboxylic acids is 2. The average molecular weight is 376 g/mol. The van der Waals surface area contributed by atoms with Crippen LogP contribution in [0.4, 0.5) is 0 Å². The second-order valence-corrected chi connectivity index (χ2v) is 9.50. The topological polar surface area (TPSA) is 62.3 Å². The largest absolute Gasteiger partial charge is 0.354 e. The summed E-state index contributed by atoms with van der Waals surface area (Å²) < 4.78 is 1.17. The Hall–Kier alpha value is -1.60. The number of nitrogens with one attached hydrogen (secondary N) is 1. The molecule has 0 spiro atoms. The molecule has 0 bridgehead atoms. The van der Waals surface area contributed by atoms with Crippen molar-refractivity contribution in [2.24, 2.45) is 0 Å². The van der Waals surface area contributed by atoms with Gasteiger partial charge < -0.3 is 10.2 Å². The van der Waals surface area contributed by atoms with Crippen LogP contribution in [-0.2, 0) is 9.59 Å². The number of hydrogen-bond donors (Lipinski definition) is 1. The Balaban J connectivity index is 1.41. The number of benzene rings is 1. The van der Waals surface area contributed by atoms with E-state index in [2.05, 4.69) is 30.2 Å². The molecule has 0 aliphatic carbocycles. The number of thioether (sulfide) groups is 1. The Morgan fingerprint density at radius 1 is 1.48 bits per heavy atom. The zero-order valence-electron chi connectivity index (χ0n) is 14.3. The molecular weight excluding hydrogens is 354 g/mol. The summed E-state index contributed by atoms with van der Waals surface area (Å²) in [6, 6.07) is 7.74. The summed E-state index contributed by atoms with van der Waals surface area (Å²) >= 11 is 3.40. The molecule has 1 N–H and O–H groups in total. The maximum Gasteiger partial charge on any atom is 0.243 e. The standard InChI is InChI=1S/C18H21N3O2S2/c1-11(17-20-12-5-3-4-6-14(12)25-17)9-19-16(23)13-10-24-18(2)8-7-15(22)21(13)18/h3-6,11,13H,7-10H2,1-2H3,(H,19,23). The molecule has 3 atom stereocenters. The van der Waals surface area contributed by atoms with Crippen molar-refractivity contribution in [1.29, 1.82) is 0 Å². The van der Waals surface area contributed by atoms with Crippen LogP contribution in [0.3, 0.4) is 0 Å². The molecule has 2 aliphatic rings. The number of para-hydroxylation sites is 1. The van der Waals surface area contributed by atoms with Crippen molar-refractivity contribution in [3.63, 3.8) is 0 Å². The summed E-state index contributed by atoms with van der Waals surface area (Å²) in [6.45, 7) is 4.69. The van der Waals surface area contributed by atoms with E-state index in [-0.39, 0.29) is 28.6 Å². The predicted octanol–water partition coefficient (Wildman–Crippen LogP) is 2.97. The first kappa shape index (κ1) is 16.8. The molecule has 2 fully saturated rings. The molecule has 2 amide bonds. The normalized spacial score (nSPS) is 26.9. The number of carbonyl (C=O) groups is 2. The zero-order valence-corrected chi connectivity index (χ0v) is 16.0. The van der Waals surface area contributed by atoms with Crippen LogP contribution in [0.25, 0.3) is 10.2 Å². The van der Waals surface area contributed by atoms with Gasteiger partial charge in [0.25, 0.3) is 0 Å². The second kappa shape index (κ2) is 6.29. The summed E-state index contributed by atoms with van der Waals surface area (Å²) in [5.74, 6) is 0.895. The van der Waals surface area contributed by atoms with Crippen LogP contribution >= 0.6 is 23.1 Å². The molecule has 2 aromatic rings. The van der Waals surface area contributed by atoms with Gasteiger partial charge in [0.1, 0.15) is 6.04 Å². The van der Waals surface area contributed by atoms with Crippen molar-refractivity contribution in [3.8, 4) is 0 Å². The fourth-order valence-electron chi connectivity index (χ4n) is 3.57. The molecule has 1 aromatic heterocycles.